The number of nitrogens with zero attached hydrogens (tertiary/aromatic N) is 1. The van der Waals surface area contributed by atoms with E-state index in [1.165, 1.54) is 25.3 Å². The van der Waals surface area contributed by atoms with Crippen LogP contribution in [0.3, 0.4) is 0 Å². The number of benzene rings is 1. The van der Waals surface area contributed by atoms with Crippen LogP contribution in [0.15, 0.2) is 18.2 Å². The summed E-state index contributed by atoms with van der Waals surface area (Å²) in [5.41, 5.74) is 6.79. The van der Waals surface area contributed by atoms with Gasteiger partial charge in [0.25, 0.3) is 0 Å². The van der Waals surface area contributed by atoms with Crippen LogP contribution in [0.25, 0.3) is 0 Å². The summed E-state index contributed by atoms with van der Waals surface area (Å²) in [6.45, 7) is 3.97. The van der Waals surface area contributed by atoms with E-state index in [1.54, 1.807) is 6.07 Å². The molecule has 0 radical (unpaired) electrons. The summed E-state index contributed by atoms with van der Waals surface area (Å²) in [5, 5.41) is 0.205. The van der Waals surface area contributed by atoms with Crippen LogP contribution in [-0.4, -0.2) is 24.0 Å². The first-order valence-electron chi connectivity index (χ1n) is 7.04. The quantitative estimate of drug-likeness (QED) is 0.912. The van der Waals surface area contributed by atoms with Crippen LogP contribution in [0.2, 0.25) is 5.02 Å². The van der Waals surface area contributed by atoms with E-state index in [0.29, 0.717) is 6.04 Å². The lowest BCUT2D eigenvalue weighted by Crippen LogP contribution is -2.42. The molecular formula is C15H22ClFN2. The number of hydrogen-bond donors (Lipinski definition) is 1. The van der Waals surface area contributed by atoms with Gasteiger partial charge in [-0.3, -0.25) is 4.90 Å². The third kappa shape index (κ3) is 3.47. The van der Waals surface area contributed by atoms with E-state index in [-0.39, 0.29) is 16.9 Å². The Bertz CT molecular complexity index is 423. The first-order valence-corrected chi connectivity index (χ1v) is 7.42. The van der Waals surface area contributed by atoms with Crippen molar-refractivity contribution in [3.05, 3.63) is 34.6 Å². The molecule has 1 heterocycles. The van der Waals surface area contributed by atoms with E-state index >= 15 is 0 Å². The van der Waals surface area contributed by atoms with Crippen LogP contribution in [0.1, 0.15) is 44.2 Å². The summed E-state index contributed by atoms with van der Waals surface area (Å²) < 4.78 is 13.2. The number of nitrogens with two attached hydrogens (primary N) is 1. The number of hydrogen-bond acceptors (Lipinski definition) is 2. The summed E-state index contributed by atoms with van der Waals surface area (Å²) in [4.78, 5) is 2.49. The Morgan fingerprint density at radius 1 is 1.47 bits per heavy atom. The van der Waals surface area contributed by atoms with Gasteiger partial charge in [0.2, 0.25) is 0 Å². The van der Waals surface area contributed by atoms with E-state index in [0.717, 1.165) is 25.1 Å². The zero-order chi connectivity index (χ0) is 13.8. The highest BCUT2D eigenvalue weighted by atomic mass is 35.5. The molecule has 2 atom stereocenters. The summed E-state index contributed by atoms with van der Waals surface area (Å²) in [6.07, 6.45) is 4.73. The molecule has 0 aliphatic carbocycles. The number of halogens is 2. The molecule has 2 N–H and O–H groups in total. The number of likely N-dealkylation sites (tertiary alicyclic amines) is 1. The van der Waals surface area contributed by atoms with Crippen molar-refractivity contribution in [3.8, 4) is 0 Å². The van der Waals surface area contributed by atoms with Crippen molar-refractivity contribution in [3.63, 3.8) is 0 Å². The van der Waals surface area contributed by atoms with Gasteiger partial charge in [-0.1, -0.05) is 24.1 Å². The fraction of sp³-hybridized carbons (Fsp3) is 0.600. The van der Waals surface area contributed by atoms with Gasteiger partial charge in [0.15, 0.2) is 0 Å². The smallest absolute Gasteiger partial charge is 0.141 e. The van der Waals surface area contributed by atoms with Gasteiger partial charge >= 0.3 is 0 Å². The molecule has 0 saturated carbocycles. The molecule has 1 aromatic carbocycles. The molecule has 1 aliphatic heterocycles. The standard InChI is InChI=1S/C15H22ClFN2/c1-11(12-5-6-15(17)14(16)10-12)19-9-3-2-4-13(19)7-8-18/h5-6,10-11,13H,2-4,7-9,18H2,1H3. The van der Waals surface area contributed by atoms with Crippen molar-refractivity contribution in [1.29, 1.82) is 0 Å². The molecule has 2 nitrogen and oxygen atoms in total. The van der Waals surface area contributed by atoms with Crippen molar-refractivity contribution in [2.45, 2.75) is 44.7 Å². The minimum atomic E-state index is -0.352. The topological polar surface area (TPSA) is 29.3 Å². The Labute approximate surface area is 119 Å². The molecule has 1 aliphatic rings. The van der Waals surface area contributed by atoms with Crippen LogP contribution in [0.5, 0.6) is 0 Å². The van der Waals surface area contributed by atoms with E-state index in [4.69, 9.17) is 17.3 Å². The third-order valence-electron chi connectivity index (χ3n) is 4.10. The summed E-state index contributed by atoms with van der Waals surface area (Å²) in [6, 6.07) is 5.83. The van der Waals surface area contributed by atoms with E-state index in [1.807, 2.05) is 6.07 Å². The summed E-state index contributed by atoms with van der Waals surface area (Å²) in [7, 11) is 0. The maximum absolute atomic E-state index is 13.2. The second kappa shape index (κ2) is 6.69. The lowest BCUT2D eigenvalue weighted by atomic mass is 9.95. The molecule has 1 fully saturated rings. The molecule has 0 amide bonds. The van der Waals surface area contributed by atoms with Gasteiger partial charge in [-0.2, -0.15) is 0 Å². The average Bonchev–Trinajstić information content (AvgIpc) is 2.42. The highest BCUT2D eigenvalue weighted by molar-refractivity contribution is 6.30. The third-order valence-corrected chi connectivity index (χ3v) is 4.39. The average molecular weight is 285 g/mol. The fourth-order valence-electron chi connectivity index (χ4n) is 3.00. The lowest BCUT2D eigenvalue weighted by Gasteiger charge is -2.40. The molecule has 1 aromatic rings. The molecule has 106 valence electrons. The Morgan fingerprint density at radius 3 is 2.95 bits per heavy atom. The van der Waals surface area contributed by atoms with Crippen LogP contribution < -0.4 is 5.73 Å². The van der Waals surface area contributed by atoms with Crippen LogP contribution in [0.4, 0.5) is 4.39 Å². The first kappa shape index (κ1) is 14.8. The predicted molar refractivity (Wildman–Crippen MR) is 77.8 cm³/mol. The summed E-state index contributed by atoms with van der Waals surface area (Å²) >= 11 is 5.88. The van der Waals surface area contributed by atoms with Crippen molar-refractivity contribution in [1.82, 2.24) is 4.90 Å². The van der Waals surface area contributed by atoms with Gasteiger partial charge < -0.3 is 5.73 Å². The van der Waals surface area contributed by atoms with Crippen LogP contribution in [-0.2, 0) is 0 Å². The Morgan fingerprint density at radius 2 is 2.26 bits per heavy atom. The second-order valence-electron chi connectivity index (χ2n) is 5.31. The largest absolute Gasteiger partial charge is 0.330 e. The van der Waals surface area contributed by atoms with Gasteiger partial charge in [0.05, 0.1) is 5.02 Å². The van der Waals surface area contributed by atoms with E-state index in [2.05, 4.69) is 11.8 Å². The SMILES string of the molecule is CC(c1ccc(F)c(Cl)c1)N1CCCCC1CCN. The van der Waals surface area contributed by atoms with Crippen LogP contribution in [0, 0.1) is 5.82 Å². The minimum Gasteiger partial charge on any atom is -0.330 e. The zero-order valence-electron chi connectivity index (χ0n) is 11.4. The number of piperidine rings is 1. The fourth-order valence-corrected chi connectivity index (χ4v) is 3.19. The van der Waals surface area contributed by atoms with Gasteiger partial charge in [0, 0.05) is 12.1 Å². The van der Waals surface area contributed by atoms with Gasteiger partial charge in [-0.15, -0.1) is 0 Å². The highest BCUT2D eigenvalue weighted by Crippen LogP contribution is 2.31. The molecule has 2 unspecified atom stereocenters. The van der Waals surface area contributed by atoms with Gasteiger partial charge in [-0.05, 0) is 57.0 Å². The number of rotatable bonds is 4. The first-order chi connectivity index (χ1) is 9.13. The maximum atomic E-state index is 13.2. The predicted octanol–water partition coefficient (Wildman–Crippen LogP) is 3.74. The highest BCUT2D eigenvalue weighted by Gasteiger charge is 2.26. The van der Waals surface area contributed by atoms with Crippen molar-refractivity contribution < 1.29 is 4.39 Å². The molecule has 0 bridgehead atoms. The monoisotopic (exact) mass is 284 g/mol. The van der Waals surface area contributed by atoms with Crippen molar-refractivity contribution in [2.24, 2.45) is 5.73 Å². The van der Waals surface area contributed by atoms with Gasteiger partial charge in [0.1, 0.15) is 5.82 Å². The lowest BCUT2D eigenvalue weighted by molar-refractivity contribution is 0.0984. The van der Waals surface area contributed by atoms with E-state index in [9.17, 15) is 4.39 Å². The normalized spacial score (nSPS) is 22.4. The van der Waals surface area contributed by atoms with Gasteiger partial charge in [-0.25, -0.2) is 4.39 Å². The molecule has 0 spiro atoms. The molecule has 0 aromatic heterocycles. The minimum absolute atomic E-state index is 0.205. The van der Waals surface area contributed by atoms with Crippen molar-refractivity contribution >= 4 is 11.6 Å². The second-order valence-corrected chi connectivity index (χ2v) is 5.72. The molecule has 4 heteroatoms. The summed E-state index contributed by atoms with van der Waals surface area (Å²) in [5.74, 6) is -0.352. The zero-order valence-corrected chi connectivity index (χ0v) is 12.2. The Balaban J connectivity index is 2.15. The van der Waals surface area contributed by atoms with Crippen molar-refractivity contribution in [2.75, 3.05) is 13.1 Å². The molecule has 1 saturated heterocycles. The molecule has 19 heavy (non-hydrogen) atoms. The maximum Gasteiger partial charge on any atom is 0.141 e. The Kier molecular flexibility index (Phi) is 5.20. The van der Waals surface area contributed by atoms with Crippen LogP contribution >= 0.6 is 11.6 Å². The van der Waals surface area contributed by atoms with E-state index < -0.39 is 0 Å². The molecular weight excluding hydrogens is 263 g/mol. The molecule has 2 rings (SSSR count). The Hall–Kier alpha value is -0.640.